The van der Waals surface area contributed by atoms with Gasteiger partial charge >= 0.3 is 0 Å². The third-order valence-electron chi connectivity index (χ3n) is 2.45. The van der Waals surface area contributed by atoms with Crippen molar-refractivity contribution in [3.63, 3.8) is 0 Å². The summed E-state index contributed by atoms with van der Waals surface area (Å²) in [6, 6.07) is 15.6. The molecule has 0 aliphatic heterocycles. The zero-order valence-corrected chi connectivity index (χ0v) is 11.2. The van der Waals surface area contributed by atoms with Crippen molar-refractivity contribution >= 4 is 35.0 Å². The molecular formula is C15H13Cl2N. The number of hydrogen-bond donors (Lipinski definition) is 1. The number of benzene rings is 2. The van der Waals surface area contributed by atoms with Crippen molar-refractivity contribution in [2.24, 2.45) is 0 Å². The van der Waals surface area contributed by atoms with Gasteiger partial charge in [0.05, 0.1) is 10.7 Å². The molecule has 0 atom stereocenters. The summed E-state index contributed by atoms with van der Waals surface area (Å²) in [6.07, 6.45) is 4.12. The monoisotopic (exact) mass is 277 g/mol. The summed E-state index contributed by atoms with van der Waals surface area (Å²) in [5.41, 5.74) is 2.07. The van der Waals surface area contributed by atoms with Gasteiger partial charge in [0.15, 0.2) is 0 Å². The van der Waals surface area contributed by atoms with Crippen LogP contribution in [0.15, 0.2) is 54.6 Å². The van der Waals surface area contributed by atoms with Gasteiger partial charge in [0, 0.05) is 11.6 Å². The fourth-order valence-corrected chi connectivity index (χ4v) is 2.04. The lowest BCUT2D eigenvalue weighted by Crippen LogP contribution is -1.98. The molecule has 3 heteroatoms. The Balaban J connectivity index is 1.91. The van der Waals surface area contributed by atoms with Gasteiger partial charge in [-0.1, -0.05) is 65.7 Å². The lowest BCUT2D eigenvalue weighted by atomic mass is 10.2. The zero-order valence-electron chi connectivity index (χ0n) is 9.74. The van der Waals surface area contributed by atoms with Gasteiger partial charge in [-0.3, -0.25) is 0 Å². The Bertz CT molecular complexity index is 535. The van der Waals surface area contributed by atoms with E-state index in [0.29, 0.717) is 10.0 Å². The highest BCUT2D eigenvalue weighted by molar-refractivity contribution is 6.36. The van der Waals surface area contributed by atoms with E-state index in [4.69, 9.17) is 23.2 Å². The summed E-state index contributed by atoms with van der Waals surface area (Å²) < 4.78 is 0. The minimum atomic E-state index is 0.635. The number of nitrogens with one attached hydrogen (secondary N) is 1. The zero-order chi connectivity index (χ0) is 12.8. The second kappa shape index (κ2) is 6.48. The van der Waals surface area contributed by atoms with Gasteiger partial charge in [-0.2, -0.15) is 0 Å². The van der Waals surface area contributed by atoms with Gasteiger partial charge in [-0.15, -0.1) is 0 Å². The van der Waals surface area contributed by atoms with Gasteiger partial charge in [0.1, 0.15) is 0 Å². The predicted molar refractivity (Wildman–Crippen MR) is 80.4 cm³/mol. The molecule has 0 saturated carbocycles. The topological polar surface area (TPSA) is 12.0 Å². The van der Waals surface area contributed by atoms with Gasteiger partial charge in [0.2, 0.25) is 0 Å². The summed E-state index contributed by atoms with van der Waals surface area (Å²) in [5, 5.41) is 4.51. The van der Waals surface area contributed by atoms with Crippen molar-refractivity contribution in [3.8, 4) is 0 Å². The maximum absolute atomic E-state index is 6.05. The summed E-state index contributed by atoms with van der Waals surface area (Å²) in [5.74, 6) is 0. The molecule has 0 unspecified atom stereocenters. The standard InChI is InChI=1S/C15H13Cl2N/c16-13-8-9-15(14(17)11-13)18-10-4-7-12-5-2-1-3-6-12/h1-9,11,18H,10H2/b7-4+. The molecule has 1 N–H and O–H groups in total. The molecule has 92 valence electrons. The molecule has 0 saturated heterocycles. The molecule has 0 radical (unpaired) electrons. The second-order valence-corrected chi connectivity index (χ2v) is 4.66. The SMILES string of the molecule is Clc1ccc(NC/C=C/c2ccccc2)c(Cl)c1. The first-order valence-electron chi connectivity index (χ1n) is 5.66. The molecule has 0 aromatic heterocycles. The molecule has 1 nitrogen and oxygen atoms in total. The molecule has 0 amide bonds. The molecule has 0 heterocycles. The van der Waals surface area contributed by atoms with Crippen LogP contribution in [0, 0.1) is 0 Å². The third-order valence-corrected chi connectivity index (χ3v) is 3.00. The predicted octanol–water partition coefficient (Wildman–Crippen LogP) is 5.12. The number of rotatable bonds is 4. The summed E-state index contributed by atoms with van der Waals surface area (Å²) >= 11 is 11.9. The maximum Gasteiger partial charge on any atom is 0.0652 e. The number of halogens is 2. The highest BCUT2D eigenvalue weighted by Crippen LogP contribution is 2.25. The Morgan fingerprint density at radius 1 is 1.00 bits per heavy atom. The third kappa shape index (κ3) is 3.80. The molecule has 2 aromatic rings. The molecule has 0 fully saturated rings. The average molecular weight is 278 g/mol. The largest absolute Gasteiger partial charge is 0.380 e. The van der Waals surface area contributed by atoms with Crippen LogP contribution in [0.3, 0.4) is 0 Å². The normalized spacial score (nSPS) is 10.8. The molecule has 0 aliphatic carbocycles. The average Bonchev–Trinajstić information content (AvgIpc) is 2.38. The van der Waals surface area contributed by atoms with Gasteiger partial charge in [0.25, 0.3) is 0 Å². The van der Waals surface area contributed by atoms with E-state index in [-0.39, 0.29) is 0 Å². The van der Waals surface area contributed by atoms with Crippen LogP contribution in [-0.2, 0) is 0 Å². The van der Waals surface area contributed by atoms with E-state index in [2.05, 4.69) is 29.6 Å². The lowest BCUT2D eigenvalue weighted by molar-refractivity contribution is 1.34. The van der Waals surface area contributed by atoms with Crippen molar-refractivity contribution < 1.29 is 0 Å². The second-order valence-electron chi connectivity index (χ2n) is 3.82. The van der Waals surface area contributed by atoms with E-state index < -0.39 is 0 Å². The Kier molecular flexibility index (Phi) is 4.68. The Hall–Kier alpha value is -1.44. The summed E-state index contributed by atoms with van der Waals surface area (Å²) in [4.78, 5) is 0. The lowest BCUT2D eigenvalue weighted by Gasteiger charge is -2.05. The molecule has 0 aliphatic rings. The minimum absolute atomic E-state index is 0.635. The Labute approximate surface area is 117 Å². The van der Waals surface area contributed by atoms with E-state index in [0.717, 1.165) is 12.2 Å². The van der Waals surface area contributed by atoms with E-state index in [1.807, 2.05) is 30.3 Å². The van der Waals surface area contributed by atoms with Crippen LogP contribution in [0.25, 0.3) is 6.08 Å². The molecule has 18 heavy (non-hydrogen) atoms. The summed E-state index contributed by atoms with van der Waals surface area (Å²) in [6.45, 7) is 0.718. The Morgan fingerprint density at radius 2 is 1.78 bits per heavy atom. The van der Waals surface area contributed by atoms with Crippen LogP contribution in [0.1, 0.15) is 5.56 Å². The number of anilines is 1. The first-order valence-corrected chi connectivity index (χ1v) is 6.42. The van der Waals surface area contributed by atoms with Gasteiger partial charge in [-0.25, -0.2) is 0 Å². The Morgan fingerprint density at radius 3 is 2.50 bits per heavy atom. The molecule has 2 aromatic carbocycles. The fraction of sp³-hybridized carbons (Fsp3) is 0.0667. The van der Waals surface area contributed by atoms with Crippen molar-refractivity contribution in [1.82, 2.24) is 0 Å². The maximum atomic E-state index is 6.05. The molecule has 0 bridgehead atoms. The van der Waals surface area contributed by atoms with Crippen molar-refractivity contribution in [2.75, 3.05) is 11.9 Å². The van der Waals surface area contributed by atoms with E-state index in [1.54, 1.807) is 6.07 Å². The van der Waals surface area contributed by atoms with E-state index in [9.17, 15) is 0 Å². The smallest absolute Gasteiger partial charge is 0.0652 e. The summed E-state index contributed by atoms with van der Waals surface area (Å²) in [7, 11) is 0. The van der Waals surface area contributed by atoms with Gasteiger partial charge < -0.3 is 5.32 Å². The minimum Gasteiger partial charge on any atom is -0.380 e. The quantitative estimate of drug-likeness (QED) is 0.818. The van der Waals surface area contributed by atoms with Crippen LogP contribution >= 0.6 is 23.2 Å². The first kappa shape index (κ1) is 13.0. The van der Waals surface area contributed by atoms with E-state index >= 15 is 0 Å². The van der Waals surface area contributed by atoms with Crippen molar-refractivity contribution in [2.45, 2.75) is 0 Å². The van der Waals surface area contributed by atoms with Crippen LogP contribution < -0.4 is 5.32 Å². The van der Waals surface area contributed by atoms with Crippen LogP contribution in [0.4, 0.5) is 5.69 Å². The van der Waals surface area contributed by atoms with Crippen molar-refractivity contribution in [3.05, 3.63) is 70.2 Å². The van der Waals surface area contributed by atoms with Gasteiger partial charge in [-0.05, 0) is 23.8 Å². The molecular weight excluding hydrogens is 265 g/mol. The van der Waals surface area contributed by atoms with Crippen LogP contribution in [0.5, 0.6) is 0 Å². The molecule has 0 spiro atoms. The van der Waals surface area contributed by atoms with E-state index in [1.165, 1.54) is 5.56 Å². The number of hydrogen-bond acceptors (Lipinski definition) is 1. The highest BCUT2D eigenvalue weighted by atomic mass is 35.5. The first-order chi connectivity index (χ1) is 8.75. The highest BCUT2D eigenvalue weighted by Gasteiger charge is 1.98. The van der Waals surface area contributed by atoms with Crippen LogP contribution in [0.2, 0.25) is 10.0 Å². The fourth-order valence-electron chi connectivity index (χ4n) is 1.56. The van der Waals surface area contributed by atoms with Crippen LogP contribution in [-0.4, -0.2) is 6.54 Å². The molecule has 2 rings (SSSR count). The van der Waals surface area contributed by atoms with Crippen molar-refractivity contribution in [1.29, 1.82) is 0 Å².